The average Bonchev–Trinajstić information content (AvgIpc) is 3.34. The van der Waals surface area contributed by atoms with E-state index < -0.39 is 18.1 Å². The normalized spacial score (nSPS) is 13.0. The third-order valence-corrected chi connectivity index (χ3v) is 6.12. The first-order valence-corrected chi connectivity index (χ1v) is 12.0. The number of ether oxygens (including phenoxy) is 2. The number of primary amides is 1. The molecule has 0 saturated carbocycles. The number of hydrogen-bond acceptors (Lipinski definition) is 9. The van der Waals surface area contributed by atoms with Crippen LogP contribution in [0.3, 0.4) is 0 Å². The number of aliphatic hydroxyl groups is 2. The Kier molecular flexibility index (Phi) is 9.25. The molecule has 0 fully saturated rings. The quantitative estimate of drug-likeness (QED) is 0.326. The molecule has 0 aliphatic carbocycles. The number of aliphatic hydroxyl groups excluding tert-OH is 2. The fourth-order valence-electron chi connectivity index (χ4n) is 3.78. The van der Waals surface area contributed by atoms with Gasteiger partial charge in [0.25, 0.3) is 5.89 Å². The molecule has 3 aromatic rings. The van der Waals surface area contributed by atoms with Gasteiger partial charge in [0, 0.05) is 35.7 Å². The number of aryl methyl sites for hydroxylation is 1. The molecule has 1 amide bonds. The van der Waals surface area contributed by atoms with Crippen molar-refractivity contribution in [2.45, 2.75) is 58.2 Å². The van der Waals surface area contributed by atoms with Crippen LogP contribution in [0, 0.1) is 6.92 Å². The van der Waals surface area contributed by atoms with Crippen LogP contribution in [0.4, 0.5) is 0 Å². The minimum absolute atomic E-state index is 0.184. The molecule has 3 rings (SSSR count). The molecule has 11 heteroatoms. The van der Waals surface area contributed by atoms with Crippen LogP contribution in [-0.4, -0.2) is 57.2 Å². The lowest BCUT2D eigenvalue weighted by Crippen LogP contribution is -2.33. The maximum absolute atomic E-state index is 11.0. The van der Waals surface area contributed by atoms with E-state index in [0.29, 0.717) is 34.1 Å². The first-order valence-electron chi connectivity index (χ1n) is 11.7. The second kappa shape index (κ2) is 12.2. The van der Waals surface area contributed by atoms with Crippen LogP contribution < -0.4 is 15.2 Å². The Morgan fingerprint density at radius 3 is 2.50 bits per heavy atom. The van der Waals surface area contributed by atoms with Crippen molar-refractivity contribution in [2.24, 2.45) is 5.73 Å². The standard InChI is InChI=1S/C25H31ClN4O6/c1-5-14(6-2)19-10-17(34-4)11-20(28-19)25-29-24(30-36-25)15-7-13(3)22(18(26)8-15)35-12-16(31)9-21(32)23(27)33/h7-8,10-11,14,16,21,31-32H,5-6,9,12H2,1-4H3,(H2,27,33)/t16-,21?/m0/s1. The fourth-order valence-corrected chi connectivity index (χ4v) is 4.10. The Hall–Kier alpha value is -3.21. The summed E-state index contributed by atoms with van der Waals surface area (Å²) >= 11 is 6.43. The van der Waals surface area contributed by atoms with Crippen LogP contribution in [-0.2, 0) is 4.79 Å². The van der Waals surface area contributed by atoms with Gasteiger partial charge in [-0.25, -0.2) is 4.98 Å². The molecule has 4 N–H and O–H groups in total. The molecule has 10 nitrogen and oxygen atoms in total. The van der Waals surface area contributed by atoms with Gasteiger partial charge in [-0.15, -0.1) is 0 Å². The van der Waals surface area contributed by atoms with Gasteiger partial charge >= 0.3 is 0 Å². The lowest BCUT2D eigenvalue weighted by Gasteiger charge is -2.16. The highest BCUT2D eigenvalue weighted by Gasteiger charge is 2.20. The van der Waals surface area contributed by atoms with Gasteiger partial charge in [-0.05, 0) is 37.5 Å². The van der Waals surface area contributed by atoms with Crippen molar-refractivity contribution in [1.82, 2.24) is 15.1 Å². The number of benzene rings is 1. The van der Waals surface area contributed by atoms with Crippen LogP contribution in [0.1, 0.15) is 50.3 Å². The molecule has 0 aliphatic heterocycles. The van der Waals surface area contributed by atoms with Crippen LogP contribution in [0.5, 0.6) is 11.5 Å². The molecule has 0 aliphatic rings. The second-order valence-corrected chi connectivity index (χ2v) is 8.88. The molecule has 1 aromatic carbocycles. The smallest absolute Gasteiger partial charge is 0.276 e. The van der Waals surface area contributed by atoms with Crippen molar-refractivity contribution >= 4 is 17.5 Å². The summed E-state index contributed by atoms with van der Waals surface area (Å²) in [7, 11) is 1.60. The fraction of sp³-hybridized carbons (Fsp3) is 0.440. The number of carbonyl (C=O) groups is 1. The number of hydrogen-bond donors (Lipinski definition) is 3. The first-order chi connectivity index (χ1) is 17.2. The molecule has 194 valence electrons. The van der Waals surface area contributed by atoms with Gasteiger partial charge in [0.2, 0.25) is 11.7 Å². The lowest BCUT2D eigenvalue weighted by molar-refractivity contribution is -0.127. The van der Waals surface area contributed by atoms with Gasteiger partial charge in [0.05, 0.1) is 18.2 Å². The van der Waals surface area contributed by atoms with Crippen molar-refractivity contribution in [3.8, 4) is 34.5 Å². The molecule has 2 heterocycles. The summed E-state index contributed by atoms with van der Waals surface area (Å²) in [4.78, 5) is 20.2. The monoisotopic (exact) mass is 518 g/mol. The molecule has 0 spiro atoms. The van der Waals surface area contributed by atoms with Crippen molar-refractivity contribution in [1.29, 1.82) is 0 Å². The van der Waals surface area contributed by atoms with Crippen LogP contribution in [0.15, 0.2) is 28.8 Å². The number of carbonyl (C=O) groups excluding carboxylic acids is 1. The molecule has 36 heavy (non-hydrogen) atoms. The van der Waals surface area contributed by atoms with Gasteiger partial charge in [-0.1, -0.05) is 30.6 Å². The summed E-state index contributed by atoms with van der Waals surface area (Å²) in [6.07, 6.45) is -0.921. The molecular formula is C25H31ClN4O6. The van der Waals surface area contributed by atoms with Crippen molar-refractivity contribution < 1.29 is 29.0 Å². The Labute approximate surface area is 214 Å². The summed E-state index contributed by atoms with van der Waals surface area (Å²) in [5.41, 5.74) is 7.70. The molecular weight excluding hydrogens is 488 g/mol. The zero-order valence-corrected chi connectivity index (χ0v) is 21.5. The van der Waals surface area contributed by atoms with Gasteiger partial charge in [0.15, 0.2) is 0 Å². The van der Waals surface area contributed by atoms with E-state index in [9.17, 15) is 15.0 Å². The average molecular weight is 519 g/mol. The number of nitrogens with zero attached hydrogens (tertiary/aromatic N) is 3. The number of nitrogens with two attached hydrogens (primary N) is 1. The first kappa shape index (κ1) is 27.4. The number of halogens is 1. The molecule has 1 unspecified atom stereocenters. The summed E-state index contributed by atoms with van der Waals surface area (Å²) in [5.74, 6) is 0.950. The zero-order valence-electron chi connectivity index (χ0n) is 20.7. The van der Waals surface area contributed by atoms with E-state index in [1.807, 2.05) is 6.07 Å². The summed E-state index contributed by atoms with van der Waals surface area (Å²) in [6, 6.07) is 7.07. The van der Waals surface area contributed by atoms with Crippen LogP contribution >= 0.6 is 11.6 Å². The third kappa shape index (κ3) is 6.51. The van der Waals surface area contributed by atoms with E-state index >= 15 is 0 Å². The second-order valence-electron chi connectivity index (χ2n) is 8.48. The van der Waals surface area contributed by atoms with Crippen molar-refractivity contribution in [3.05, 3.63) is 40.5 Å². The minimum Gasteiger partial charge on any atom is -0.497 e. The Bertz CT molecular complexity index is 1170. The predicted molar refractivity (Wildman–Crippen MR) is 134 cm³/mol. The highest BCUT2D eigenvalue weighted by atomic mass is 35.5. The molecule has 0 saturated heterocycles. The van der Waals surface area contributed by atoms with Gasteiger partial charge in [-0.3, -0.25) is 4.79 Å². The highest BCUT2D eigenvalue weighted by molar-refractivity contribution is 6.32. The maximum atomic E-state index is 11.0. The summed E-state index contributed by atoms with van der Waals surface area (Å²) < 4.78 is 16.6. The topological polar surface area (TPSA) is 154 Å². The lowest BCUT2D eigenvalue weighted by atomic mass is 9.98. The van der Waals surface area contributed by atoms with Crippen molar-refractivity contribution in [2.75, 3.05) is 13.7 Å². The molecule has 2 aromatic heterocycles. The van der Waals surface area contributed by atoms with E-state index in [1.165, 1.54) is 0 Å². The van der Waals surface area contributed by atoms with Crippen LogP contribution in [0.2, 0.25) is 5.02 Å². The van der Waals surface area contributed by atoms with E-state index in [0.717, 1.165) is 18.5 Å². The molecule has 2 atom stereocenters. The Balaban J connectivity index is 1.82. The van der Waals surface area contributed by atoms with Gasteiger partial charge < -0.3 is 29.9 Å². The predicted octanol–water partition coefficient (Wildman–Crippen LogP) is 3.65. The molecule has 0 radical (unpaired) electrons. The van der Waals surface area contributed by atoms with E-state index in [-0.39, 0.29) is 29.9 Å². The third-order valence-electron chi connectivity index (χ3n) is 5.83. The Morgan fingerprint density at radius 1 is 1.17 bits per heavy atom. The zero-order chi connectivity index (χ0) is 26.4. The molecule has 0 bridgehead atoms. The van der Waals surface area contributed by atoms with Gasteiger partial charge in [0.1, 0.15) is 29.9 Å². The highest BCUT2D eigenvalue weighted by Crippen LogP contribution is 2.35. The number of methoxy groups -OCH3 is 1. The minimum atomic E-state index is -1.46. The van der Waals surface area contributed by atoms with Crippen molar-refractivity contribution in [3.63, 3.8) is 0 Å². The van der Waals surface area contributed by atoms with E-state index in [1.54, 1.807) is 32.2 Å². The number of pyridine rings is 1. The number of rotatable bonds is 12. The maximum Gasteiger partial charge on any atom is 0.276 e. The van der Waals surface area contributed by atoms with Gasteiger partial charge in [-0.2, -0.15) is 4.98 Å². The number of aromatic nitrogens is 3. The summed E-state index contributed by atoms with van der Waals surface area (Å²) in [5, 5.41) is 23.9. The summed E-state index contributed by atoms with van der Waals surface area (Å²) in [6.45, 7) is 5.83. The van der Waals surface area contributed by atoms with Crippen LogP contribution in [0.25, 0.3) is 23.0 Å². The van der Waals surface area contributed by atoms with E-state index in [4.69, 9.17) is 36.3 Å². The largest absolute Gasteiger partial charge is 0.497 e. The number of amides is 1. The Morgan fingerprint density at radius 2 is 1.89 bits per heavy atom. The van der Waals surface area contributed by atoms with E-state index in [2.05, 4.69) is 24.0 Å². The SMILES string of the molecule is CCC(CC)c1cc(OC)cc(-c2nc(-c3cc(C)c(OC[C@@H](O)CC(O)C(N)=O)c(Cl)c3)no2)n1.